The molecule has 20 heavy (non-hydrogen) atoms. The van der Waals surface area contributed by atoms with Crippen LogP contribution in [0.4, 0.5) is 0 Å². The van der Waals surface area contributed by atoms with Gasteiger partial charge in [0.15, 0.2) is 0 Å². The first kappa shape index (κ1) is 15.3. The molecule has 0 radical (unpaired) electrons. The van der Waals surface area contributed by atoms with Gasteiger partial charge >= 0.3 is 5.97 Å². The number of aliphatic carboxylic acids is 1. The molecule has 2 heterocycles. The molecule has 0 bridgehead atoms. The van der Waals surface area contributed by atoms with Crippen molar-refractivity contribution < 1.29 is 19.8 Å². The minimum atomic E-state index is -1.06. The molecule has 0 saturated carbocycles. The van der Waals surface area contributed by atoms with E-state index in [-0.39, 0.29) is 24.6 Å². The Morgan fingerprint density at radius 1 is 1.60 bits per heavy atom. The second-order valence-corrected chi connectivity index (χ2v) is 6.69. The number of carboxylic acid groups (broad SMARTS) is 1. The van der Waals surface area contributed by atoms with Crippen LogP contribution in [-0.2, 0) is 15.3 Å². The third-order valence-electron chi connectivity index (χ3n) is 3.03. The van der Waals surface area contributed by atoms with Gasteiger partial charge in [0.25, 0.3) is 0 Å². The van der Waals surface area contributed by atoms with E-state index in [1.54, 1.807) is 11.3 Å². The molecule has 2 atom stereocenters. The van der Waals surface area contributed by atoms with E-state index in [4.69, 9.17) is 5.11 Å². The maximum absolute atomic E-state index is 12.0. The van der Waals surface area contributed by atoms with Crippen LogP contribution in [0.15, 0.2) is 5.38 Å². The molecule has 1 unspecified atom stereocenters. The van der Waals surface area contributed by atoms with Gasteiger partial charge in [-0.3, -0.25) is 4.79 Å². The Kier molecular flexibility index (Phi) is 5.00. The van der Waals surface area contributed by atoms with Gasteiger partial charge in [-0.25, -0.2) is 9.78 Å². The summed E-state index contributed by atoms with van der Waals surface area (Å²) in [4.78, 5) is 28.6. The van der Waals surface area contributed by atoms with Crippen LogP contribution in [0.1, 0.15) is 17.1 Å². The smallest absolute Gasteiger partial charge is 0.326 e. The summed E-state index contributed by atoms with van der Waals surface area (Å²) in [6.07, 6.45) is -0.636. The molecule has 1 saturated heterocycles. The summed E-state index contributed by atoms with van der Waals surface area (Å²) in [6, 6.07) is -0.903. The van der Waals surface area contributed by atoms with E-state index >= 15 is 0 Å². The number of likely N-dealkylation sites (tertiary alicyclic amines) is 1. The standard InChI is InChI=1S/C12H16N2O4S2/c1-7-13-8(5-20-7)4-19-6-11(16)14-3-9(15)2-10(14)12(17)18/h5,9-10,15H,2-4,6H2,1H3,(H,17,18)/t9?,10-/m0/s1. The van der Waals surface area contributed by atoms with Crippen LogP contribution in [-0.4, -0.2) is 56.4 Å². The number of rotatable bonds is 5. The lowest BCUT2D eigenvalue weighted by Crippen LogP contribution is -2.41. The Balaban J connectivity index is 1.83. The average molecular weight is 316 g/mol. The van der Waals surface area contributed by atoms with Crippen LogP contribution in [0.3, 0.4) is 0 Å². The van der Waals surface area contributed by atoms with Crippen molar-refractivity contribution in [3.63, 3.8) is 0 Å². The predicted octanol–water partition coefficient (Wildman–Crippen LogP) is 0.731. The molecular weight excluding hydrogens is 300 g/mol. The van der Waals surface area contributed by atoms with Crippen molar-refractivity contribution in [3.05, 3.63) is 16.1 Å². The maximum atomic E-state index is 12.0. The van der Waals surface area contributed by atoms with Crippen molar-refractivity contribution in [3.8, 4) is 0 Å². The summed E-state index contributed by atoms with van der Waals surface area (Å²) in [5.74, 6) is -0.474. The molecule has 1 fully saturated rings. The number of aliphatic hydroxyl groups excluding tert-OH is 1. The number of thioether (sulfide) groups is 1. The molecule has 110 valence electrons. The molecule has 1 amide bonds. The Hall–Kier alpha value is -1.12. The minimum absolute atomic E-state index is 0.103. The van der Waals surface area contributed by atoms with E-state index < -0.39 is 18.1 Å². The van der Waals surface area contributed by atoms with E-state index in [2.05, 4.69) is 4.98 Å². The van der Waals surface area contributed by atoms with Gasteiger partial charge in [-0.2, -0.15) is 0 Å². The van der Waals surface area contributed by atoms with Crippen LogP contribution < -0.4 is 0 Å². The SMILES string of the molecule is Cc1nc(CSCC(=O)N2CC(O)C[C@H]2C(=O)O)cs1. The van der Waals surface area contributed by atoms with Crippen LogP contribution in [0, 0.1) is 6.92 Å². The highest BCUT2D eigenvalue weighted by Gasteiger charge is 2.38. The number of hydrogen-bond donors (Lipinski definition) is 2. The minimum Gasteiger partial charge on any atom is -0.480 e. The molecule has 2 N–H and O–H groups in total. The fourth-order valence-corrected chi connectivity index (χ4v) is 3.64. The number of nitrogens with zero attached hydrogens (tertiary/aromatic N) is 2. The number of β-amino-alcohol motifs (C(OH)–C–C–N with tert-alkyl or cyclic N) is 1. The topological polar surface area (TPSA) is 90.7 Å². The first-order chi connectivity index (χ1) is 9.47. The highest BCUT2D eigenvalue weighted by Crippen LogP contribution is 2.21. The van der Waals surface area contributed by atoms with Gasteiger partial charge in [0.05, 0.1) is 22.6 Å². The number of amides is 1. The third-order valence-corrected chi connectivity index (χ3v) is 4.80. The zero-order chi connectivity index (χ0) is 14.7. The lowest BCUT2D eigenvalue weighted by molar-refractivity contribution is -0.147. The normalized spacial score (nSPS) is 22.2. The number of carbonyl (C=O) groups excluding carboxylic acids is 1. The average Bonchev–Trinajstić information content (AvgIpc) is 2.95. The number of hydrogen-bond acceptors (Lipinski definition) is 6. The maximum Gasteiger partial charge on any atom is 0.326 e. The monoisotopic (exact) mass is 316 g/mol. The van der Waals surface area contributed by atoms with E-state index in [0.29, 0.717) is 5.75 Å². The number of aryl methyl sites for hydroxylation is 1. The van der Waals surface area contributed by atoms with Crippen molar-refractivity contribution in [1.29, 1.82) is 0 Å². The Morgan fingerprint density at radius 3 is 2.95 bits per heavy atom. The Labute approximate surface area is 124 Å². The molecule has 1 aromatic rings. The lowest BCUT2D eigenvalue weighted by atomic mass is 10.2. The van der Waals surface area contributed by atoms with Crippen molar-refractivity contribution >= 4 is 35.0 Å². The summed E-state index contributed by atoms with van der Waals surface area (Å²) in [7, 11) is 0. The fourth-order valence-electron chi connectivity index (χ4n) is 2.12. The third kappa shape index (κ3) is 3.71. The van der Waals surface area contributed by atoms with Crippen LogP contribution in [0.2, 0.25) is 0 Å². The summed E-state index contributed by atoms with van der Waals surface area (Å²) in [6.45, 7) is 2.03. The van der Waals surface area contributed by atoms with Gasteiger partial charge in [-0.05, 0) is 6.92 Å². The molecular formula is C12H16N2O4S2. The summed E-state index contributed by atoms with van der Waals surface area (Å²) in [5, 5.41) is 21.5. The Morgan fingerprint density at radius 2 is 2.35 bits per heavy atom. The van der Waals surface area contributed by atoms with Gasteiger partial charge < -0.3 is 15.1 Å². The molecule has 8 heteroatoms. The molecule has 1 aliphatic heterocycles. The zero-order valence-corrected chi connectivity index (χ0v) is 12.6. The van der Waals surface area contributed by atoms with E-state index in [9.17, 15) is 14.7 Å². The largest absolute Gasteiger partial charge is 0.480 e. The highest BCUT2D eigenvalue weighted by atomic mass is 32.2. The molecule has 2 rings (SSSR count). The van der Waals surface area contributed by atoms with Gasteiger partial charge in [-0.15, -0.1) is 23.1 Å². The highest BCUT2D eigenvalue weighted by molar-refractivity contribution is 7.99. The molecule has 0 aromatic carbocycles. The summed E-state index contributed by atoms with van der Waals surface area (Å²) in [5.41, 5.74) is 0.932. The van der Waals surface area contributed by atoms with Crippen LogP contribution in [0.25, 0.3) is 0 Å². The molecule has 0 aliphatic carbocycles. The van der Waals surface area contributed by atoms with Crippen LogP contribution in [0.5, 0.6) is 0 Å². The molecule has 1 aliphatic rings. The quantitative estimate of drug-likeness (QED) is 0.832. The lowest BCUT2D eigenvalue weighted by Gasteiger charge is -2.20. The van der Waals surface area contributed by atoms with Gasteiger partial charge in [0.2, 0.25) is 5.91 Å². The number of carboxylic acids is 1. The first-order valence-electron chi connectivity index (χ1n) is 6.16. The van der Waals surface area contributed by atoms with E-state index in [1.165, 1.54) is 16.7 Å². The number of carbonyl (C=O) groups is 2. The van der Waals surface area contributed by atoms with E-state index in [1.807, 2.05) is 12.3 Å². The van der Waals surface area contributed by atoms with Crippen molar-refractivity contribution in [2.75, 3.05) is 12.3 Å². The van der Waals surface area contributed by atoms with Gasteiger partial charge in [-0.1, -0.05) is 0 Å². The fraction of sp³-hybridized carbons (Fsp3) is 0.583. The van der Waals surface area contributed by atoms with Crippen molar-refractivity contribution in [2.24, 2.45) is 0 Å². The number of aromatic nitrogens is 1. The van der Waals surface area contributed by atoms with Crippen LogP contribution >= 0.6 is 23.1 Å². The summed E-state index contributed by atoms with van der Waals surface area (Å²) >= 11 is 2.97. The molecule has 0 spiro atoms. The first-order valence-corrected chi connectivity index (χ1v) is 8.20. The second kappa shape index (κ2) is 6.55. The van der Waals surface area contributed by atoms with Crippen molar-refractivity contribution in [2.45, 2.75) is 31.2 Å². The molecule has 6 nitrogen and oxygen atoms in total. The van der Waals surface area contributed by atoms with Crippen molar-refractivity contribution in [1.82, 2.24) is 9.88 Å². The number of thiazole rings is 1. The molecule has 1 aromatic heterocycles. The van der Waals surface area contributed by atoms with Gasteiger partial charge in [0.1, 0.15) is 6.04 Å². The Bertz CT molecular complexity index is 505. The second-order valence-electron chi connectivity index (χ2n) is 4.64. The van der Waals surface area contributed by atoms with Gasteiger partial charge in [0, 0.05) is 24.1 Å². The number of aliphatic hydroxyl groups is 1. The summed E-state index contributed by atoms with van der Waals surface area (Å²) < 4.78 is 0. The zero-order valence-electron chi connectivity index (χ0n) is 11.0. The van der Waals surface area contributed by atoms with E-state index in [0.717, 1.165) is 10.7 Å². The predicted molar refractivity (Wildman–Crippen MR) is 76.8 cm³/mol.